The first kappa shape index (κ1) is 16.1. The van der Waals surface area contributed by atoms with Crippen LogP contribution in [0.5, 0.6) is 5.75 Å². The largest absolute Gasteiger partial charge is 0.487 e. The van der Waals surface area contributed by atoms with Gasteiger partial charge in [0.2, 0.25) is 0 Å². The molecule has 0 bridgehead atoms. The highest BCUT2D eigenvalue weighted by atomic mass is 16.6. The third-order valence-corrected chi connectivity index (χ3v) is 4.62. The molecule has 6 nitrogen and oxygen atoms in total. The minimum Gasteiger partial charge on any atom is -0.487 e. The second-order valence-corrected chi connectivity index (χ2v) is 6.30. The smallest absolute Gasteiger partial charge is 0.308 e. The molecular weight excluding hydrogens is 298 g/mol. The van der Waals surface area contributed by atoms with E-state index in [1.54, 1.807) is 0 Å². The average Bonchev–Trinajstić information content (AvgIpc) is 2.91. The van der Waals surface area contributed by atoms with Crippen molar-refractivity contribution in [2.75, 3.05) is 32.7 Å². The number of methoxy groups -OCH3 is 1. The van der Waals surface area contributed by atoms with Gasteiger partial charge in [-0.05, 0) is 24.6 Å². The van der Waals surface area contributed by atoms with Gasteiger partial charge in [0, 0.05) is 31.3 Å². The molecule has 1 aromatic carbocycles. The molecule has 1 aromatic rings. The van der Waals surface area contributed by atoms with E-state index in [9.17, 15) is 9.90 Å². The lowest BCUT2D eigenvalue weighted by atomic mass is 9.84. The van der Waals surface area contributed by atoms with Crippen molar-refractivity contribution in [3.63, 3.8) is 0 Å². The Kier molecular flexibility index (Phi) is 4.46. The zero-order valence-corrected chi connectivity index (χ0v) is 13.7. The SMILES string of the molecule is COC(=O)C[C@H]1C[C@@H]2c3cc(N(C)C)ccc3O[C@@H]2[C@H](CO)O1. The minimum absolute atomic E-state index is 0.116. The molecule has 1 fully saturated rings. The van der Waals surface area contributed by atoms with Crippen LogP contribution in [0.25, 0.3) is 0 Å². The normalized spacial score (nSPS) is 28.5. The second-order valence-electron chi connectivity index (χ2n) is 6.30. The number of aliphatic hydroxyl groups is 1. The van der Waals surface area contributed by atoms with Crippen LogP contribution in [0.4, 0.5) is 5.69 Å². The molecule has 3 rings (SSSR count). The number of aliphatic hydroxyl groups excluding tert-OH is 1. The predicted molar refractivity (Wildman–Crippen MR) is 84.9 cm³/mol. The monoisotopic (exact) mass is 321 g/mol. The predicted octanol–water partition coefficient (Wildman–Crippen LogP) is 1.31. The molecule has 0 spiro atoms. The van der Waals surface area contributed by atoms with Gasteiger partial charge in [-0.1, -0.05) is 0 Å². The highest BCUT2D eigenvalue weighted by Crippen LogP contribution is 2.47. The highest BCUT2D eigenvalue weighted by molar-refractivity contribution is 5.69. The van der Waals surface area contributed by atoms with Crippen molar-refractivity contribution >= 4 is 11.7 Å². The Bertz CT molecular complexity index is 588. The van der Waals surface area contributed by atoms with E-state index in [1.165, 1.54) is 7.11 Å². The third kappa shape index (κ3) is 3.01. The van der Waals surface area contributed by atoms with Crippen molar-refractivity contribution < 1.29 is 24.1 Å². The Hall–Kier alpha value is -1.79. The van der Waals surface area contributed by atoms with Crippen LogP contribution in [0.3, 0.4) is 0 Å². The first-order valence-electron chi connectivity index (χ1n) is 7.84. The van der Waals surface area contributed by atoms with Crippen LogP contribution in [0.2, 0.25) is 0 Å². The number of carbonyl (C=O) groups excluding carboxylic acids is 1. The van der Waals surface area contributed by atoms with E-state index >= 15 is 0 Å². The molecule has 0 unspecified atom stereocenters. The summed E-state index contributed by atoms with van der Waals surface area (Å²) in [6, 6.07) is 6.10. The molecule has 0 aromatic heterocycles. The molecule has 2 heterocycles. The number of anilines is 1. The maximum absolute atomic E-state index is 11.6. The lowest BCUT2D eigenvalue weighted by Crippen LogP contribution is -2.46. The Balaban J connectivity index is 1.86. The van der Waals surface area contributed by atoms with Crippen molar-refractivity contribution in [2.45, 2.75) is 37.1 Å². The minimum atomic E-state index is -0.432. The number of carbonyl (C=O) groups is 1. The van der Waals surface area contributed by atoms with E-state index in [0.29, 0.717) is 6.42 Å². The van der Waals surface area contributed by atoms with Gasteiger partial charge >= 0.3 is 5.97 Å². The quantitative estimate of drug-likeness (QED) is 0.844. The van der Waals surface area contributed by atoms with Crippen LogP contribution in [0.15, 0.2) is 18.2 Å². The van der Waals surface area contributed by atoms with E-state index in [0.717, 1.165) is 17.0 Å². The van der Waals surface area contributed by atoms with Crippen LogP contribution < -0.4 is 9.64 Å². The zero-order chi connectivity index (χ0) is 16.6. The van der Waals surface area contributed by atoms with Crippen LogP contribution in [-0.2, 0) is 14.3 Å². The molecule has 2 aliphatic rings. The van der Waals surface area contributed by atoms with Crippen molar-refractivity contribution in [2.24, 2.45) is 0 Å². The van der Waals surface area contributed by atoms with Gasteiger partial charge in [0.15, 0.2) is 0 Å². The molecule has 6 heteroatoms. The summed E-state index contributed by atoms with van der Waals surface area (Å²) < 4.78 is 16.6. The van der Waals surface area contributed by atoms with E-state index in [-0.39, 0.29) is 37.1 Å². The molecule has 1 saturated heterocycles. The first-order chi connectivity index (χ1) is 11.0. The molecule has 0 aliphatic carbocycles. The van der Waals surface area contributed by atoms with E-state index in [4.69, 9.17) is 14.2 Å². The zero-order valence-electron chi connectivity index (χ0n) is 13.7. The molecule has 1 N–H and O–H groups in total. The number of nitrogens with zero attached hydrogens (tertiary/aromatic N) is 1. The number of ether oxygens (including phenoxy) is 3. The summed E-state index contributed by atoms with van der Waals surface area (Å²) in [7, 11) is 5.36. The fourth-order valence-corrected chi connectivity index (χ4v) is 3.42. The van der Waals surface area contributed by atoms with Crippen molar-refractivity contribution in [1.29, 1.82) is 0 Å². The van der Waals surface area contributed by atoms with Crippen molar-refractivity contribution in [3.8, 4) is 5.75 Å². The Morgan fingerprint density at radius 3 is 2.87 bits per heavy atom. The van der Waals surface area contributed by atoms with Gasteiger partial charge < -0.3 is 24.2 Å². The summed E-state index contributed by atoms with van der Waals surface area (Å²) in [5.74, 6) is 0.656. The standard InChI is InChI=1S/C17H23NO5/c1-18(2)10-4-5-14-12(6-10)13-7-11(8-16(20)21-3)22-15(9-19)17(13)23-14/h4-6,11,13,15,17,19H,7-9H2,1-3H3/t11-,13-,15+,17+/m1/s1. The lowest BCUT2D eigenvalue weighted by molar-refractivity contribution is -0.156. The van der Waals surface area contributed by atoms with Crippen LogP contribution in [-0.4, -0.2) is 57.2 Å². The summed E-state index contributed by atoms with van der Waals surface area (Å²) in [5, 5.41) is 9.64. The second kappa shape index (κ2) is 6.37. The summed E-state index contributed by atoms with van der Waals surface area (Å²) >= 11 is 0. The van der Waals surface area contributed by atoms with Crippen molar-refractivity contribution in [1.82, 2.24) is 0 Å². The molecule has 0 radical (unpaired) electrons. The van der Waals surface area contributed by atoms with Gasteiger partial charge in [0.25, 0.3) is 0 Å². The van der Waals surface area contributed by atoms with Gasteiger partial charge in [0.1, 0.15) is 18.0 Å². The highest BCUT2D eigenvalue weighted by Gasteiger charge is 2.46. The molecular formula is C17H23NO5. The van der Waals surface area contributed by atoms with E-state index in [1.807, 2.05) is 31.1 Å². The van der Waals surface area contributed by atoms with Gasteiger partial charge in [-0.25, -0.2) is 0 Å². The number of esters is 1. The fraction of sp³-hybridized carbons (Fsp3) is 0.588. The molecule has 4 atom stereocenters. The average molecular weight is 321 g/mol. The Labute approximate surface area is 135 Å². The molecule has 0 amide bonds. The Morgan fingerprint density at radius 1 is 1.43 bits per heavy atom. The molecule has 0 saturated carbocycles. The maximum Gasteiger partial charge on any atom is 0.308 e. The van der Waals surface area contributed by atoms with Gasteiger partial charge in [0.05, 0.1) is 26.2 Å². The van der Waals surface area contributed by atoms with E-state index in [2.05, 4.69) is 6.07 Å². The lowest BCUT2D eigenvalue weighted by Gasteiger charge is -2.36. The summed E-state index contributed by atoms with van der Waals surface area (Å²) in [4.78, 5) is 13.6. The van der Waals surface area contributed by atoms with Crippen LogP contribution in [0.1, 0.15) is 24.3 Å². The number of hydrogen-bond acceptors (Lipinski definition) is 6. The molecule has 126 valence electrons. The fourth-order valence-electron chi connectivity index (χ4n) is 3.42. The maximum atomic E-state index is 11.6. The molecule has 2 aliphatic heterocycles. The molecule has 23 heavy (non-hydrogen) atoms. The third-order valence-electron chi connectivity index (χ3n) is 4.62. The number of rotatable bonds is 4. The number of hydrogen-bond donors (Lipinski definition) is 1. The summed E-state index contributed by atoms with van der Waals surface area (Å²) in [5.41, 5.74) is 2.22. The van der Waals surface area contributed by atoms with Gasteiger partial charge in [-0.2, -0.15) is 0 Å². The van der Waals surface area contributed by atoms with Crippen molar-refractivity contribution in [3.05, 3.63) is 23.8 Å². The first-order valence-corrected chi connectivity index (χ1v) is 7.84. The van der Waals surface area contributed by atoms with Crippen LogP contribution >= 0.6 is 0 Å². The van der Waals surface area contributed by atoms with Gasteiger partial charge in [-0.15, -0.1) is 0 Å². The van der Waals surface area contributed by atoms with Crippen LogP contribution in [0, 0.1) is 0 Å². The number of benzene rings is 1. The Morgan fingerprint density at radius 2 is 2.22 bits per heavy atom. The van der Waals surface area contributed by atoms with Gasteiger partial charge in [-0.3, -0.25) is 4.79 Å². The summed E-state index contributed by atoms with van der Waals surface area (Å²) in [6.07, 6.45) is -0.0302. The topological polar surface area (TPSA) is 68.2 Å². The number of fused-ring (bicyclic) bond motifs is 3. The summed E-state index contributed by atoms with van der Waals surface area (Å²) in [6.45, 7) is -0.132. The van der Waals surface area contributed by atoms with E-state index < -0.39 is 6.10 Å².